The molecule has 0 saturated carbocycles. The highest BCUT2D eigenvalue weighted by molar-refractivity contribution is 9.10. The van der Waals surface area contributed by atoms with Gasteiger partial charge in [0.1, 0.15) is 5.82 Å². The Labute approximate surface area is 135 Å². The van der Waals surface area contributed by atoms with E-state index in [9.17, 15) is 0 Å². The van der Waals surface area contributed by atoms with Gasteiger partial charge < -0.3 is 0 Å². The predicted molar refractivity (Wildman–Crippen MR) is 88.1 cm³/mol. The largest absolute Gasteiger partial charge is 0.294 e. The first-order valence-electron chi connectivity index (χ1n) is 6.09. The van der Waals surface area contributed by atoms with Gasteiger partial charge in [-0.1, -0.05) is 17.7 Å². The number of rotatable bonds is 2. The van der Waals surface area contributed by atoms with Crippen molar-refractivity contribution in [3.63, 3.8) is 0 Å². The maximum absolute atomic E-state index is 6.12. The predicted octanol–water partition coefficient (Wildman–Crippen LogP) is 5.49. The molecule has 0 N–H and O–H groups in total. The van der Waals surface area contributed by atoms with Crippen molar-refractivity contribution in [3.8, 4) is 5.69 Å². The molecule has 0 fully saturated rings. The van der Waals surface area contributed by atoms with E-state index >= 15 is 0 Å². The number of nitrogens with zero attached hydrogens (tertiary/aromatic N) is 2. The first-order valence-corrected chi connectivity index (χ1v) is 7.80. The van der Waals surface area contributed by atoms with E-state index in [1.165, 1.54) is 5.56 Å². The average Bonchev–Trinajstić information content (AvgIpc) is 2.79. The van der Waals surface area contributed by atoms with Gasteiger partial charge in [-0.2, -0.15) is 0 Å². The van der Waals surface area contributed by atoms with Crippen molar-refractivity contribution in [2.24, 2.45) is 0 Å². The number of fused-ring (bicyclic) bond motifs is 1. The van der Waals surface area contributed by atoms with Crippen LogP contribution in [0, 0.1) is 6.92 Å². The molecule has 0 atom stereocenters. The summed E-state index contributed by atoms with van der Waals surface area (Å²) in [5.74, 6) is 1.14. The molecule has 1 heterocycles. The Morgan fingerprint density at radius 1 is 1.20 bits per heavy atom. The molecule has 0 aliphatic heterocycles. The third kappa shape index (κ3) is 2.34. The van der Waals surface area contributed by atoms with Gasteiger partial charge in [0, 0.05) is 9.50 Å². The summed E-state index contributed by atoms with van der Waals surface area (Å²) in [6.07, 6.45) is 0. The van der Waals surface area contributed by atoms with Gasteiger partial charge >= 0.3 is 0 Å². The van der Waals surface area contributed by atoms with Crippen molar-refractivity contribution < 1.29 is 0 Å². The van der Waals surface area contributed by atoms with Gasteiger partial charge in [0.25, 0.3) is 0 Å². The lowest BCUT2D eigenvalue weighted by Crippen LogP contribution is -2.00. The normalized spacial score (nSPS) is 11.2. The van der Waals surface area contributed by atoms with Crippen molar-refractivity contribution in [2.45, 2.75) is 12.8 Å². The standard InChI is InChI=1S/C15H11BrCl2N2/c1-9-2-5-12-14(6-9)20(15(8-17)19-12)13-7-10(18)3-4-11(13)16/h2-7H,8H2,1H3. The average molecular weight is 370 g/mol. The summed E-state index contributed by atoms with van der Waals surface area (Å²) in [6, 6.07) is 11.8. The minimum Gasteiger partial charge on any atom is -0.294 e. The number of benzene rings is 2. The van der Waals surface area contributed by atoms with Crippen LogP contribution in [0.4, 0.5) is 0 Å². The molecule has 3 aromatic rings. The Balaban J connectivity index is 2.39. The van der Waals surface area contributed by atoms with Gasteiger partial charge in [-0.05, 0) is 58.7 Å². The van der Waals surface area contributed by atoms with Crippen molar-refractivity contribution in [1.29, 1.82) is 0 Å². The summed E-state index contributed by atoms with van der Waals surface area (Å²) in [5.41, 5.74) is 4.08. The van der Waals surface area contributed by atoms with Crippen LogP contribution in [0.2, 0.25) is 5.02 Å². The zero-order valence-corrected chi connectivity index (χ0v) is 13.8. The lowest BCUT2D eigenvalue weighted by Gasteiger charge is -2.11. The van der Waals surface area contributed by atoms with E-state index in [-0.39, 0.29) is 0 Å². The summed E-state index contributed by atoms with van der Waals surface area (Å²) in [6.45, 7) is 2.06. The molecule has 0 spiro atoms. The Bertz CT molecular complexity index is 796. The van der Waals surface area contributed by atoms with Gasteiger partial charge in [0.2, 0.25) is 0 Å². The fourth-order valence-electron chi connectivity index (χ4n) is 2.25. The molecule has 0 aliphatic carbocycles. The van der Waals surface area contributed by atoms with Crippen LogP contribution in [-0.2, 0) is 5.88 Å². The number of aryl methyl sites for hydroxylation is 1. The third-order valence-corrected chi connectivity index (χ3v) is 4.29. The van der Waals surface area contributed by atoms with E-state index in [1.807, 2.05) is 34.9 Å². The summed E-state index contributed by atoms with van der Waals surface area (Å²) in [4.78, 5) is 4.59. The molecule has 0 radical (unpaired) electrons. The van der Waals surface area contributed by atoms with E-state index in [0.717, 1.165) is 27.0 Å². The number of alkyl halides is 1. The Kier molecular flexibility index (Phi) is 3.76. The molecule has 5 heteroatoms. The summed E-state index contributed by atoms with van der Waals surface area (Å²) in [5, 5.41) is 0.679. The van der Waals surface area contributed by atoms with E-state index < -0.39 is 0 Å². The summed E-state index contributed by atoms with van der Waals surface area (Å²) < 4.78 is 3.00. The number of hydrogen-bond donors (Lipinski definition) is 0. The van der Waals surface area contributed by atoms with Gasteiger partial charge in [0.15, 0.2) is 0 Å². The fraction of sp³-hybridized carbons (Fsp3) is 0.133. The number of aromatic nitrogens is 2. The Morgan fingerprint density at radius 3 is 2.75 bits per heavy atom. The van der Waals surface area contributed by atoms with Gasteiger partial charge in [-0.15, -0.1) is 11.6 Å². The highest BCUT2D eigenvalue weighted by Gasteiger charge is 2.14. The van der Waals surface area contributed by atoms with E-state index in [0.29, 0.717) is 10.9 Å². The van der Waals surface area contributed by atoms with Crippen LogP contribution in [0.15, 0.2) is 40.9 Å². The highest BCUT2D eigenvalue weighted by Crippen LogP contribution is 2.30. The second kappa shape index (κ2) is 5.40. The topological polar surface area (TPSA) is 17.8 Å². The van der Waals surface area contributed by atoms with Crippen molar-refractivity contribution in [2.75, 3.05) is 0 Å². The highest BCUT2D eigenvalue weighted by atomic mass is 79.9. The summed E-state index contributed by atoms with van der Waals surface area (Å²) in [7, 11) is 0. The maximum atomic E-state index is 6.12. The zero-order chi connectivity index (χ0) is 14.3. The van der Waals surface area contributed by atoms with Crippen molar-refractivity contribution in [3.05, 3.63) is 57.3 Å². The van der Waals surface area contributed by atoms with Gasteiger partial charge in [-0.3, -0.25) is 4.57 Å². The van der Waals surface area contributed by atoms with Crippen LogP contribution in [0.25, 0.3) is 16.7 Å². The van der Waals surface area contributed by atoms with Crippen LogP contribution in [-0.4, -0.2) is 9.55 Å². The third-order valence-electron chi connectivity index (χ3n) is 3.15. The SMILES string of the molecule is Cc1ccc2nc(CCl)n(-c3cc(Cl)ccc3Br)c2c1. The first-order chi connectivity index (χ1) is 9.60. The molecule has 0 bridgehead atoms. The molecule has 20 heavy (non-hydrogen) atoms. The van der Waals surface area contributed by atoms with Crippen LogP contribution in [0.1, 0.15) is 11.4 Å². The lowest BCUT2D eigenvalue weighted by atomic mass is 10.2. The van der Waals surface area contributed by atoms with Crippen LogP contribution >= 0.6 is 39.1 Å². The molecule has 0 aliphatic rings. The Morgan fingerprint density at radius 2 is 2.00 bits per heavy atom. The molecule has 0 amide bonds. The molecule has 2 nitrogen and oxygen atoms in total. The molecule has 102 valence electrons. The van der Waals surface area contributed by atoms with E-state index in [4.69, 9.17) is 23.2 Å². The van der Waals surface area contributed by atoms with E-state index in [2.05, 4.69) is 33.9 Å². The second-order valence-corrected chi connectivity index (χ2v) is 6.14. The number of imidazole rings is 1. The lowest BCUT2D eigenvalue weighted by molar-refractivity contribution is 0.977. The minimum absolute atomic E-state index is 0.340. The van der Waals surface area contributed by atoms with Crippen LogP contribution in [0.5, 0.6) is 0 Å². The molecule has 0 unspecified atom stereocenters. The molecule has 0 saturated heterocycles. The number of halogens is 3. The van der Waals surface area contributed by atoms with Gasteiger partial charge in [-0.25, -0.2) is 4.98 Å². The number of hydrogen-bond acceptors (Lipinski definition) is 1. The van der Waals surface area contributed by atoms with Gasteiger partial charge in [0.05, 0.1) is 22.6 Å². The van der Waals surface area contributed by atoms with Crippen molar-refractivity contribution >= 4 is 50.2 Å². The molecule has 2 aromatic carbocycles. The summed E-state index contributed by atoms with van der Waals surface area (Å²) >= 11 is 15.7. The Hall–Kier alpha value is -1.03. The monoisotopic (exact) mass is 368 g/mol. The smallest absolute Gasteiger partial charge is 0.129 e. The zero-order valence-electron chi connectivity index (χ0n) is 10.7. The fourth-order valence-corrected chi connectivity index (χ4v) is 3.02. The van der Waals surface area contributed by atoms with Crippen LogP contribution in [0.3, 0.4) is 0 Å². The minimum atomic E-state index is 0.340. The second-order valence-electron chi connectivity index (χ2n) is 4.58. The van der Waals surface area contributed by atoms with Crippen molar-refractivity contribution in [1.82, 2.24) is 9.55 Å². The maximum Gasteiger partial charge on any atom is 0.129 e. The molecular formula is C15H11BrCl2N2. The van der Waals surface area contributed by atoms with Crippen LogP contribution < -0.4 is 0 Å². The molecule has 1 aromatic heterocycles. The van der Waals surface area contributed by atoms with E-state index in [1.54, 1.807) is 0 Å². The first kappa shape index (κ1) is 13.9. The quantitative estimate of drug-likeness (QED) is 0.546. The molecule has 3 rings (SSSR count). The molecular weight excluding hydrogens is 359 g/mol.